The molecule has 1 rings (SSSR count). The number of hydrogen-bond acceptors (Lipinski definition) is 2. The molecule has 0 aliphatic heterocycles. The summed E-state index contributed by atoms with van der Waals surface area (Å²) in [6.07, 6.45) is 16.0. The Bertz CT molecular complexity index is 386. The van der Waals surface area contributed by atoms with Crippen LogP contribution in [0, 0.1) is 0 Å². The van der Waals surface area contributed by atoms with Crippen molar-refractivity contribution in [2.45, 2.75) is 77.7 Å². The predicted octanol–water partition coefficient (Wildman–Crippen LogP) is 1.16. The van der Waals surface area contributed by atoms with E-state index in [-0.39, 0.29) is 37.5 Å². The number of aromatic nitrogens is 2. The summed E-state index contributed by atoms with van der Waals surface area (Å²) in [5, 5.41) is 8.79. The number of carbonyl (C=O) groups is 1. The van der Waals surface area contributed by atoms with Crippen LogP contribution in [0.3, 0.4) is 0 Å². The zero-order valence-corrected chi connectivity index (χ0v) is 15.7. The van der Waals surface area contributed by atoms with Gasteiger partial charge in [0, 0.05) is 18.8 Å². The maximum absolute atomic E-state index is 10.7. The van der Waals surface area contributed by atoms with Gasteiger partial charge in [0.05, 0.1) is 0 Å². The zero-order chi connectivity index (χ0) is 14.6. The van der Waals surface area contributed by atoms with Crippen molar-refractivity contribution in [3.63, 3.8) is 0 Å². The summed E-state index contributed by atoms with van der Waals surface area (Å²) in [7, 11) is 0. The Kier molecular flexibility index (Phi) is 13.1. The first kappa shape index (κ1) is 20.7. The number of carboxylic acids is 1. The van der Waals surface area contributed by atoms with Crippen LogP contribution in [0.15, 0.2) is 12.4 Å². The Morgan fingerprint density at radius 3 is 2.29 bits per heavy atom. The second-order valence-electron chi connectivity index (χ2n) is 5.44. The molecule has 5 heteroatoms. The van der Waals surface area contributed by atoms with E-state index in [9.17, 15) is 4.79 Å². The third-order valence-corrected chi connectivity index (χ3v) is 3.61. The first-order chi connectivity index (χ1) is 9.74. The standard InChI is InChI=1S/C16H28N2O2.Na.H/c1-2-3-4-5-6-7-8-9-10-11-15-17-12-13-18(15)14-16(19)20;;/h12-13H,2-11,14H2,1H3,(H,19,20);;/q;+1;-1. The summed E-state index contributed by atoms with van der Waals surface area (Å²) in [6, 6.07) is 0. The molecule has 0 amide bonds. The van der Waals surface area contributed by atoms with Gasteiger partial charge in [0.2, 0.25) is 0 Å². The molecule has 0 atom stereocenters. The van der Waals surface area contributed by atoms with Crippen LogP contribution in [0.1, 0.15) is 72.0 Å². The number of carboxylic acid groups (broad SMARTS) is 1. The molecule has 1 heterocycles. The van der Waals surface area contributed by atoms with Crippen LogP contribution in [0.5, 0.6) is 0 Å². The van der Waals surface area contributed by atoms with Crippen molar-refractivity contribution < 1.29 is 40.9 Å². The van der Waals surface area contributed by atoms with E-state index in [1.54, 1.807) is 17.0 Å². The topological polar surface area (TPSA) is 55.1 Å². The summed E-state index contributed by atoms with van der Waals surface area (Å²) in [5.74, 6) is 0.0895. The van der Waals surface area contributed by atoms with Crippen molar-refractivity contribution in [3.05, 3.63) is 18.2 Å². The summed E-state index contributed by atoms with van der Waals surface area (Å²) < 4.78 is 1.73. The summed E-state index contributed by atoms with van der Waals surface area (Å²) in [5.41, 5.74) is 0. The van der Waals surface area contributed by atoms with Crippen molar-refractivity contribution in [1.29, 1.82) is 0 Å². The molecule has 0 saturated carbocycles. The van der Waals surface area contributed by atoms with Crippen LogP contribution in [0.2, 0.25) is 0 Å². The Hall–Kier alpha value is -0.320. The summed E-state index contributed by atoms with van der Waals surface area (Å²) in [4.78, 5) is 14.9. The Morgan fingerprint density at radius 2 is 1.71 bits per heavy atom. The molecule has 1 aromatic heterocycles. The molecule has 4 nitrogen and oxygen atoms in total. The predicted molar refractivity (Wildman–Crippen MR) is 81.9 cm³/mol. The number of hydrogen-bond donors (Lipinski definition) is 1. The minimum atomic E-state index is -0.809. The number of nitrogens with zero attached hydrogens (tertiary/aromatic N) is 2. The fourth-order valence-electron chi connectivity index (χ4n) is 2.45. The van der Waals surface area contributed by atoms with Gasteiger partial charge in [0.25, 0.3) is 0 Å². The van der Waals surface area contributed by atoms with Crippen LogP contribution in [-0.4, -0.2) is 20.6 Å². The first-order valence-corrected chi connectivity index (χ1v) is 7.96. The van der Waals surface area contributed by atoms with Gasteiger partial charge in [-0.1, -0.05) is 58.3 Å². The third-order valence-electron chi connectivity index (χ3n) is 3.61. The quantitative estimate of drug-likeness (QED) is 0.466. The van der Waals surface area contributed by atoms with E-state index in [4.69, 9.17) is 5.11 Å². The van der Waals surface area contributed by atoms with E-state index in [1.165, 1.54) is 51.4 Å². The molecule has 0 radical (unpaired) electrons. The van der Waals surface area contributed by atoms with Crippen LogP contribution < -0.4 is 29.6 Å². The van der Waals surface area contributed by atoms with E-state index in [1.807, 2.05) is 0 Å². The van der Waals surface area contributed by atoms with E-state index < -0.39 is 5.97 Å². The molecular formula is C16H29N2NaO2. The molecule has 21 heavy (non-hydrogen) atoms. The zero-order valence-electron chi connectivity index (χ0n) is 14.7. The smallest absolute Gasteiger partial charge is 1.00 e. The minimum absolute atomic E-state index is 0. The van der Waals surface area contributed by atoms with Crippen molar-refractivity contribution in [2.75, 3.05) is 0 Å². The monoisotopic (exact) mass is 304 g/mol. The first-order valence-electron chi connectivity index (χ1n) is 7.96. The average molecular weight is 304 g/mol. The number of rotatable bonds is 12. The van der Waals surface area contributed by atoms with Crippen LogP contribution in [-0.2, 0) is 17.8 Å². The molecule has 116 valence electrons. The second kappa shape index (κ2) is 13.4. The van der Waals surface area contributed by atoms with E-state index in [2.05, 4.69) is 11.9 Å². The Balaban J connectivity index is 0. The largest absolute Gasteiger partial charge is 1.00 e. The molecule has 0 unspecified atom stereocenters. The third kappa shape index (κ3) is 10.1. The molecule has 0 saturated heterocycles. The van der Waals surface area contributed by atoms with E-state index in [0.29, 0.717) is 0 Å². The van der Waals surface area contributed by atoms with E-state index in [0.717, 1.165) is 18.7 Å². The molecular weight excluding hydrogens is 275 g/mol. The number of aliphatic carboxylic acids is 1. The number of unbranched alkanes of at least 4 members (excludes halogenated alkanes) is 8. The summed E-state index contributed by atoms with van der Waals surface area (Å²) in [6.45, 7) is 2.26. The van der Waals surface area contributed by atoms with Gasteiger partial charge < -0.3 is 11.1 Å². The number of imidazole rings is 1. The van der Waals surface area contributed by atoms with Crippen molar-refractivity contribution in [2.24, 2.45) is 0 Å². The van der Waals surface area contributed by atoms with Crippen molar-refractivity contribution >= 4 is 5.97 Å². The van der Waals surface area contributed by atoms with Gasteiger partial charge in [-0.15, -0.1) is 0 Å². The van der Waals surface area contributed by atoms with Crippen LogP contribution >= 0.6 is 0 Å². The Labute approximate surface area is 152 Å². The van der Waals surface area contributed by atoms with Crippen molar-refractivity contribution in [3.8, 4) is 0 Å². The van der Waals surface area contributed by atoms with E-state index >= 15 is 0 Å². The fourth-order valence-corrected chi connectivity index (χ4v) is 2.45. The summed E-state index contributed by atoms with van der Waals surface area (Å²) >= 11 is 0. The second-order valence-corrected chi connectivity index (χ2v) is 5.44. The maximum Gasteiger partial charge on any atom is 1.00 e. The maximum atomic E-state index is 10.7. The SMILES string of the molecule is CCCCCCCCCCCc1nccn1CC(=O)O.[H-].[Na+]. The van der Waals surface area contributed by atoms with Gasteiger partial charge in [-0.2, -0.15) is 0 Å². The molecule has 0 spiro atoms. The average Bonchev–Trinajstić information content (AvgIpc) is 2.83. The van der Waals surface area contributed by atoms with Gasteiger partial charge in [0.15, 0.2) is 0 Å². The minimum Gasteiger partial charge on any atom is -1.00 e. The molecule has 1 aromatic rings. The van der Waals surface area contributed by atoms with Gasteiger partial charge in [-0.05, 0) is 6.42 Å². The molecule has 0 bridgehead atoms. The number of aryl methyl sites for hydroxylation is 1. The molecule has 1 N–H and O–H groups in total. The van der Waals surface area contributed by atoms with Gasteiger partial charge >= 0.3 is 35.5 Å². The normalized spacial score (nSPS) is 10.3. The van der Waals surface area contributed by atoms with Gasteiger partial charge in [0.1, 0.15) is 12.4 Å². The molecule has 0 aromatic carbocycles. The van der Waals surface area contributed by atoms with Crippen molar-refractivity contribution in [1.82, 2.24) is 9.55 Å². The molecule has 0 aliphatic carbocycles. The van der Waals surface area contributed by atoms with Crippen LogP contribution in [0.25, 0.3) is 0 Å². The molecule has 0 aliphatic rings. The van der Waals surface area contributed by atoms with Gasteiger partial charge in [-0.3, -0.25) is 4.79 Å². The van der Waals surface area contributed by atoms with Crippen LogP contribution in [0.4, 0.5) is 0 Å². The Morgan fingerprint density at radius 1 is 1.14 bits per heavy atom. The van der Waals surface area contributed by atoms with Gasteiger partial charge in [-0.25, -0.2) is 4.98 Å². The fraction of sp³-hybridized carbons (Fsp3) is 0.750. The molecule has 0 fully saturated rings.